The molecule has 2 aliphatic rings. The summed E-state index contributed by atoms with van der Waals surface area (Å²) in [5, 5.41) is 3.58. The lowest BCUT2D eigenvalue weighted by molar-refractivity contribution is -0.131. The van der Waals surface area contributed by atoms with Crippen LogP contribution in [-0.4, -0.2) is 18.0 Å². The van der Waals surface area contributed by atoms with Crippen molar-refractivity contribution < 1.29 is 4.79 Å². The van der Waals surface area contributed by atoms with E-state index < -0.39 is 5.54 Å². The van der Waals surface area contributed by atoms with Crippen LogP contribution in [0.2, 0.25) is 0 Å². The van der Waals surface area contributed by atoms with E-state index in [0.717, 1.165) is 31.7 Å². The Kier molecular flexibility index (Phi) is 3.72. The first kappa shape index (κ1) is 13.9. The highest BCUT2D eigenvalue weighted by atomic mass is 16.1. The second kappa shape index (κ2) is 4.84. The largest absolute Gasteiger partial charge is 0.368 e. The third kappa shape index (κ3) is 2.71. The number of hydrogen-bond donors (Lipinski definition) is 2. The van der Waals surface area contributed by atoms with E-state index in [1.807, 2.05) is 0 Å². The van der Waals surface area contributed by atoms with Crippen molar-refractivity contribution in [2.45, 2.75) is 64.8 Å². The predicted octanol–water partition coefficient (Wildman–Crippen LogP) is 2.45. The highest BCUT2D eigenvalue weighted by molar-refractivity contribution is 5.85. The summed E-state index contributed by atoms with van der Waals surface area (Å²) < 4.78 is 0. The topological polar surface area (TPSA) is 55.1 Å². The van der Waals surface area contributed by atoms with Crippen LogP contribution in [0.4, 0.5) is 0 Å². The van der Waals surface area contributed by atoms with E-state index in [0.29, 0.717) is 5.92 Å². The number of carbonyl (C=O) groups is 1. The van der Waals surface area contributed by atoms with Crippen molar-refractivity contribution in [1.82, 2.24) is 5.32 Å². The number of carbonyl (C=O) groups excluding carboxylic acids is 1. The van der Waals surface area contributed by atoms with Crippen molar-refractivity contribution in [2.24, 2.45) is 23.0 Å². The van der Waals surface area contributed by atoms with Crippen LogP contribution >= 0.6 is 0 Å². The molecule has 0 saturated heterocycles. The van der Waals surface area contributed by atoms with Crippen LogP contribution < -0.4 is 11.1 Å². The minimum atomic E-state index is -0.459. The Bertz CT molecular complexity index is 317. The summed E-state index contributed by atoms with van der Waals surface area (Å²) in [4.78, 5) is 12.1. The minimum Gasteiger partial charge on any atom is -0.368 e. The zero-order chi connectivity index (χ0) is 13.4. The molecule has 18 heavy (non-hydrogen) atoms. The van der Waals surface area contributed by atoms with Gasteiger partial charge >= 0.3 is 0 Å². The number of nitrogens with two attached hydrogens (primary N) is 1. The molecule has 3 heteroatoms. The fraction of sp³-hybridized carbons (Fsp3) is 0.933. The highest BCUT2D eigenvalue weighted by Crippen LogP contribution is 2.44. The minimum absolute atomic E-state index is 0.131. The lowest BCUT2D eigenvalue weighted by atomic mass is 9.61. The van der Waals surface area contributed by atoms with E-state index in [4.69, 9.17) is 5.73 Å². The zero-order valence-corrected chi connectivity index (χ0v) is 12.1. The van der Waals surface area contributed by atoms with Crippen molar-refractivity contribution >= 4 is 5.91 Å². The van der Waals surface area contributed by atoms with Gasteiger partial charge in [-0.2, -0.15) is 0 Å². The molecule has 0 aromatic heterocycles. The van der Waals surface area contributed by atoms with Crippen LogP contribution in [0.25, 0.3) is 0 Å². The Morgan fingerprint density at radius 1 is 1.28 bits per heavy atom. The molecular weight excluding hydrogens is 224 g/mol. The molecule has 0 spiro atoms. The smallest absolute Gasteiger partial charge is 0.238 e. The Morgan fingerprint density at radius 3 is 2.44 bits per heavy atom. The number of primary amides is 1. The summed E-state index contributed by atoms with van der Waals surface area (Å²) >= 11 is 0. The number of hydrogen-bond acceptors (Lipinski definition) is 2. The second-order valence-electron chi connectivity index (χ2n) is 7.32. The molecule has 2 fully saturated rings. The van der Waals surface area contributed by atoms with E-state index in [1.54, 1.807) is 0 Å². The van der Waals surface area contributed by atoms with E-state index in [-0.39, 0.29) is 11.3 Å². The lowest BCUT2D eigenvalue weighted by Crippen LogP contribution is -2.64. The Balaban J connectivity index is 2.19. The molecule has 0 radical (unpaired) electrons. The van der Waals surface area contributed by atoms with Crippen LogP contribution in [0, 0.1) is 17.3 Å². The van der Waals surface area contributed by atoms with E-state index >= 15 is 0 Å². The van der Waals surface area contributed by atoms with Crippen molar-refractivity contribution in [1.29, 1.82) is 0 Å². The Hall–Kier alpha value is -0.570. The number of rotatable bonds is 4. The summed E-state index contributed by atoms with van der Waals surface area (Å²) in [5.74, 6) is 1.00. The molecule has 0 aromatic carbocycles. The molecule has 2 atom stereocenters. The fourth-order valence-corrected chi connectivity index (χ4v) is 3.59. The third-order valence-corrected chi connectivity index (χ3v) is 4.80. The molecule has 2 saturated carbocycles. The standard InChI is InChI=1S/C15H28N2O/c1-14(2,3)12-6-4-5-9-15(12,13(16)18)17-10-11-7-8-11/h11-12,17H,4-10H2,1-3H3,(H2,16,18). The normalized spacial score (nSPS) is 33.4. The first-order chi connectivity index (χ1) is 8.36. The molecule has 3 nitrogen and oxygen atoms in total. The third-order valence-electron chi connectivity index (χ3n) is 4.80. The maximum absolute atomic E-state index is 12.1. The molecule has 0 aliphatic heterocycles. The van der Waals surface area contributed by atoms with Gasteiger partial charge in [0.25, 0.3) is 0 Å². The fourth-order valence-electron chi connectivity index (χ4n) is 3.59. The Labute approximate surface area is 111 Å². The molecule has 0 aromatic rings. The van der Waals surface area contributed by atoms with Gasteiger partial charge < -0.3 is 11.1 Å². The van der Waals surface area contributed by atoms with Gasteiger partial charge in [0.15, 0.2) is 0 Å². The molecule has 2 unspecified atom stereocenters. The molecule has 2 aliphatic carbocycles. The zero-order valence-electron chi connectivity index (χ0n) is 12.1. The molecule has 0 bridgehead atoms. The maximum Gasteiger partial charge on any atom is 0.238 e. The maximum atomic E-state index is 12.1. The first-order valence-corrected chi connectivity index (χ1v) is 7.41. The van der Waals surface area contributed by atoms with Crippen LogP contribution in [0.15, 0.2) is 0 Å². The second-order valence-corrected chi connectivity index (χ2v) is 7.32. The average Bonchev–Trinajstić information content (AvgIpc) is 3.09. The van der Waals surface area contributed by atoms with Gasteiger partial charge in [-0.15, -0.1) is 0 Å². The quantitative estimate of drug-likeness (QED) is 0.807. The van der Waals surface area contributed by atoms with Gasteiger partial charge in [0.2, 0.25) is 5.91 Å². The molecular formula is C15H28N2O. The lowest BCUT2D eigenvalue weighted by Gasteiger charge is -2.48. The van der Waals surface area contributed by atoms with Gasteiger partial charge in [0, 0.05) is 0 Å². The first-order valence-electron chi connectivity index (χ1n) is 7.41. The monoisotopic (exact) mass is 252 g/mol. The van der Waals surface area contributed by atoms with Gasteiger partial charge in [-0.1, -0.05) is 33.6 Å². The summed E-state index contributed by atoms with van der Waals surface area (Å²) in [6.45, 7) is 7.67. The van der Waals surface area contributed by atoms with Crippen molar-refractivity contribution in [3.8, 4) is 0 Å². The molecule has 104 valence electrons. The van der Waals surface area contributed by atoms with E-state index in [9.17, 15) is 4.79 Å². The van der Waals surface area contributed by atoms with Gasteiger partial charge in [-0.3, -0.25) is 4.79 Å². The molecule has 0 heterocycles. The summed E-state index contributed by atoms with van der Waals surface area (Å²) in [6, 6.07) is 0. The van der Waals surface area contributed by atoms with Crippen molar-refractivity contribution in [3.63, 3.8) is 0 Å². The van der Waals surface area contributed by atoms with Crippen LogP contribution in [-0.2, 0) is 4.79 Å². The average molecular weight is 252 g/mol. The van der Waals surface area contributed by atoms with Gasteiger partial charge in [0.1, 0.15) is 5.54 Å². The SMILES string of the molecule is CC(C)(C)C1CCCCC1(NCC1CC1)C(N)=O. The number of nitrogens with one attached hydrogen (secondary N) is 1. The highest BCUT2D eigenvalue weighted by Gasteiger charge is 2.50. The number of amides is 1. The van der Waals surface area contributed by atoms with E-state index in [1.165, 1.54) is 19.3 Å². The van der Waals surface area contributed by atoms with Gasteiger partial charge in [-0.05, 0) is 49.5 Å². The van der Waals surface area contributed by atoms with Crippen LogP contribution in [0.1, 0.15) is 59.3 Å². The summed E-state index contributed by atoms with van der Waals surface area (Å²) in [5.41, 5.74) is 5.47. The summed E-state index contributed by atoms with van der Waals surface area (Å²) in [7, 11) is 0. The predicted molar refractivity (Wildman–Crippen MR) is 74.1 cm³/mol. The molecule has 1 amide bonds. The van der Waals surface area contributed by atoms with Crippen LogP contribution in [0.5, 0.6) is 0 Å². The van der Waals surface area contributed by atoms with E-state index in [2.05, 4.69) is 26.1 Å². The van der Waals surface area contributed by atoms with Crippen LogP contribution in [0.3, 0.4) is 0 Å². The molecule has 3 N–H and O–H groups in total. The van der Waals surface area contributed by atoms with Gasteiger partial charge in [0.05, 0.1) is 0 Å². The molecule has 2 rings (SSSR count). The van der Waals surface area contributed by atoms with Crippen molar-refractivity contribution in [3.05, 3.63) is 0 Å². The van der Waals surface area contributed by atoms with Crippen molar-refractivity contribution in [2.75, 3.05) is 6.54 Å². The summed E-state index contributed by atoms with van der Waals surface area (Å²) in [6.07, 6.45) is 6.99. The Morgan fingerprint density at radius 2 is 1.94 bits per heavy atom. The van der Waals surface area contributed by atoms with Gasteiger partial charge in [-0.25, -0.2) is 0 Å².